The van der Waals surface area contributed by atoms with Gasteiger partial charge in [-0.2, -0.15) is 0 Å². The molecule has 2 aromatic rings. The highest BCUT2D eigenvalue weighted by Crippen LogP contribution is 2.31. The molecule has 0 fully saturated rings. The fraction of sp³-hybridized carbons (Fsp3) is 0.143. The lowest BCUT2D eigenvalue weighted by atomic mass is 10.2. The Morgan fingerprint density at radius 2 is 1.84 bits per heavy atom. The van der Waals surface area contributed by atoms with Crippen molar-refractivity contribution >= 4 is 11.6 Å². The van der Waals surface area contributed by atoms with Gasteiger partial charge in [-0.1, -0.05) is 17.7 Å². The highest BCUT2D eigenvalue weighted by Gasteiger charge is 2.09. The van der Waals surface area contributed by atoms with Crippen LogP contribution in [0.4, 0.5) is 8.78 Å². The summed E-state index contributed by atoms with van der Waals surface area (Å²) in [5, 5.41) is 3.02. The fourth-order valence-corrected chi connectivity index (χ4v) is 1.82. The fourth-order valence-electron chi connectivity index (χ4n) is 1.62. The molecule has 0 radical (unpaired) electrons. The number of nitrogens with one attached hydrogen (secondary N) is 1. The molecule has 1 N–H and O–H groups in total. The molecule has 0 saturated heterocycles. The van der Waals surface area contributed by atoms with Gasteiger partial charge in [0.05, 0.1) is 5.02 Å². The van der Waals surface area contributed by atoms with Crippen molar-refractivity contribution in [2.45, 2.75) is 6.54 Å². The molecule has 0 aliphatic rings. The van der Waals surface area contributed by atoms with Crippen LogP contribution in [0.3, 0.4) is 0 Å². The molecular weight excluding hydrogens is 272 g/mol. The summed E-state index contributed by atoms with van der Waals surface area (Å²) in [7, 11) is 1.78. The van der Waals surface area contributed by atoms with E-state index < -0.39 is 11.6 Å². The first-order valence-corrected chi connectivity index (χ1v) is 6.04. The van der Waals surface area contributed by atoms with E-state index in [-0.39, 0.29) is 16.5 Å². The number of hydrogen-bond acceptors (Lipinski definition) is 2. The van der Waals surface area contributed by atoms with Gasteiger partial charge in [0.15, 0.2) is 11.6 Å². The quantitative estimate of drug-likeness (QED) is 0.911. The zero-order valence-corrected chi connectivity index (χ0v) is 11.0. The summed E-state index contributed by atoms with van der Waals surface area (Å²) >= 11 is 5.82. The third-order valence-electron chi connectivity index (χ3n) is 2.49. The zero-order chi connectivity index (χ0) is 13.8. The topological polar surface area (TPSA) is 21.3 Å². The Hall–Kier alpha value is -1.65. The predicted molar refractivity (Wildman–Crippen MR) is 70.6 cm³/mol. The van der Waals surface area contributed by atoms with Crippen molar-refractivity contribution in [1.82, 2.24) is 5.32 Å². The van der Waals surface area contributed by atoms with Gasteiger partial charge >= 0.3 is 0 Å². The Kier molecular flexibility index (Phi) is 4.35. The van der Waals surface area contributed by atoms with Gasteiger partial charge in [-0.25, -0.2) is 8.78 Å². The summed E-state index contributed by atoms with van der Waals surface area (Å²) in [6.45, 7) is 0.564. The zero-order valence-electron chi connectivity index (χ0n) is 10.2. The maximum atomic E-state index is 13.8. The average Bonchev–Trinajstić information content (AvgIpc) is 2.36. The van der Waals surface area contributed by atoms with Crippen LogP contribution in [0.5, 0.6) is 11.5 Å². The normalized spacial score (nSPS) is 10.5. The molecule has 2 nitrogen and oxygen atoms in total. The van der Waals surface area contributed by atoms with Crippen LogP contribution < -0.4 is 10.1 Å². The molecule has 0 atom stereocenters. The largest absolute Gasteiger partial charge is 0.453 e. The van der Waals surface area contributed by atoms with Crippen LogP contribution in [0.1, 0.15) is 5.56 Å². The van der Waals surface area contributed by atoms with Crippen LogP contribution in [0.25, 0.3) is 0 Å². The Morgan fingerprint density at radius 3 is 2.47 bits per heavy atom. The summed E-state index contributed by atoms with van der Waals surface area (Å²) in [4.78, 5) is 0. The third kappa shape index (κ3) is 3.43. The number of rotatable bonds is 4. The lowest BCUT2D eigenvalue weighted by Crippen LogP contribution is -2.05. The minimum atomic E-state index is -0.492. The van der Waals surface area contributed by atoms with Gasteiger partial charge in [0.25, 0.3) is 0 Å². The number of hydrogen-bond donors (Lipinski definition) is 1. The maximum absolute atomic E-state index is 13.8. The van der Waals surface area contributed by atoms with E-state index in [1.165, 1.54) is 24.3 Å². The molecular formula is C14H12ClF2NO. The van der Waals surface area contributed by atoms with E-state index in [0.29, 0.717) is 6.54 Å². The second-order valence-electron chi connectivity index (χ2n) is 3.97. The Balaban J connectivity index is 2.23. The van der Waals surface area contributed by atoms with Crippen molar-refractivity contribution in [2.24, 2.45) is 0 Å². The van der Waals surface area contributed by atoms with E-state index in [1.54, 1.807) is 13.1 Å². The highest BCUT2D eigenvalue weighted by molar-refractivity contribution is 6.32. The van der Waals surface area contributed by atoms with Gasteiger partial charge in [0.1, 0.15) is 11.6 Å². The Morgan fingerprint density at radius 1 is 1.11 bits per heavy atom. The van der Waals surface area contributed by atoms with Gasteiger partial charge in [-0.15, -0.1) is 0 Å². The summed E-state index contributed by atoms with van der Waals surface area (Å²) in [6.07, 6.45) is 0. The standard InChI is InChI=1S/C14H12ClF2NO/c1-18-8-9-2-4-14(12(17)6-9)19-13-5-3-10(16)7-11(13)15/h2-7,18H,8H2,1H3. The maximum Gasteiger partial charge on any atom is 0.166 e. The molecule has 5 heteroatoms. The van der Waals surface area contributed by atoms with Crippen LogP contribution in [0.15, 0.2) is 36.4 Å². The van der Waals surface area contributed by atoms with Gasteiger partial charge < -0.3 is 10.1 Å². The minimum Gasteiger partial charge on any atom is -0.453 e. The van der Waals surface area contributed by atoms with Crippen molar-refractivity contribution in [2.75, 3.05) is 7.05 Å². The minimum absolute atomic E-state index is 0.0494. The lowest BCUT2D eigenvalue weighted by molar-refractivity contribution is 0.440. The van der Waals surface area contributed by atoms with Crippen LogP contribution in [0.2, 0.25) is 5.02 Å². The smallest absolute Gasteiger partial charge is 0.166 e. The van der Waals surface area contributed by atoms with Crippen molar-refractivity contribution in [1.29, 1.82) is 0 Å². The van der Waals surface area contributed by atoms with Crippen molar-refractivity contribution < 1.29 is 13.5 Å². The molecule has 100 valence electrons. The van der Waals surface area contributed by atoms with Gasteiger partial charge in [0, 0.05) is 6.54 Å². The molecule has 0 spiro atoms. The van der Waals surface area contributed by atoms with Gasteiger partial charge in [-0.05, 0) is 42.9 Å². The van der Waals surface area contributed by atoms with E-state index in [9.17, 15) is 8.78 Å². The van der Waals surface area contributed by atoms with Crippen LogP contribution >= 0.6 is 11.6 Å². The van der Waals surface area contributed by atoms with E-state index in [4.69, 9.17) is 16.3 Å². The van der Waals surface area contributed by atoms with E-state index in [1.807, 2.05) is 0 Å². The van der Waals surface area contributed by atoms with Gasteiger partial charge in [-0.3, -0.25) is 0 Å². The first-order valence-electron chi connectivity index (χ1n) is 5.66. The lowest BCUT2D eigenvalue weighted by Gasteiger charge is -2.09. The number of benzene rings is 2. The summed E-state index contributed by atoms with van der Waals surface area (Å²) in [6, 6.07) is 8.31. The first-order chi connectivity index (χ1) is 9.10. The Labute approximate surface area is 115 Å². The molecule has 0 aromatic heterocycles. The second-order valence-corrected chi connectivity index (χ2v) is 4.38. The molecule has 0 unspecified atom stereocenters. The molecule has 0 saturated carbocycles. The van der Waals surface area contributed by atoms with E-state index >= 15 is 0 Å². The number of ether oxygens (including phenoxy) is 1. The Bertz CT molecular complexity index is 590. The van der Waals surface area contributed by atoms with Crippen molar-refractivity contribution in [3.8, 4) is 11.5 Å². The molecule has 2 rings (SSSR count). The van der Waals surface area contributed by atoms with Crippen molar-refractivity contribution in [3.05, 3.63) is 58.6 Å². The summed E-state index contributed by atoms with van der Waals surface area (Å²) in [5.74, 6) is -0.702. The highest BCUT2D eigenvalue weighted by atomic mass is 35.5. The van der Waals surface area contributed by atoms with E-state index in [0.717, 1.165) is 11.6 Å². The predicted octanol–water partition coefficient (Wildman–Crippen LogP) is 4.13. The molecule has 2 aromatic carbocycles. The first kappa shape index (κ1) is 13.8. The van der Waals surface area contributed by atoms with Crippen LogP contribution in [0, 0.1) is 11.6 Å². The van der Waals surface area contributed by atoms with Crippen LogP contribution in [-0.4, -0.2) is 7.05 Å². The van der Waals surface area contributed by atoms with Gasteiger partial charge in [0.2, 0.25) is 0 Å². The molecule has 0 aliphatic carbocycles. The summed E-state index contributed by atoms with van der Waals surface area (Å²) in [5.41, 5.74) is 0.803. The third-order valence-corrected chi connectivity index (χ3v) is 2.79. The molecule has 0 aliphatic heterocycles. The molecule has 0 heterocycles. The average molecular weight is 284 g/mol. The molecule has 19 heavy (non-hydrogen) atoms. The monoisotopic (exact) mass is 283 g/mol. The van der Waals surface area contributed by atoms with Crippen molar-refractivity contribution in [3.63, 3.8) is 0 Å². The SMILES string of the molecule is CNCc1ccc(Oc2ccc(F)cc2Cl)c(F)c1. The second kappa shape index (κ2) is 5.99. The molecule has 0 bridgehead atoms. The number of halogens is 3. The molecule has 0 amide bonds. The summed E-state index contributed by atoms with van der Waals surface area (Å²) < 4.78 is 32.0. The van der Waals surface area contributed by atoms with Crippen LogP contribution in [-0.2, 0) is 6.54 Å². The van der Waals surface area contributed by atoms with E-state index in [2.05, 4.69) is 5.32 Å².